The summed E-state index contributed by atoms with van der Waals surface area (Å²) >= 11 is 7.48. The van der Waals surface area contributed by atoms with Crippen LogP contribution in [0.2, 0.25) is 5.02 Å². The molecule has 1 nitrogen and oxygen atoms in total. The first-order valence-corrected chi connectivity index (χ1v) is 7.62. The maximum Gasteiger partial charge on any atom is 0.416 e. The van der Waals surface area contributed by atoms with Gasteiger partial charge < -0.3 is 0 Å². The molecule has 0 atom stereocenters. The molecule has 0 amide bonds. The van der Waals surface area contributed by atoms with Crippen molar-refractivity contribution in [2.75, 3.05) is 0 Å². The van der Waals surface area contributed by atoms with E-state index in [2.05, 4.69) is 4.98 Å². The second kappa shape index (κ2) is 4.57. The number of hydrogen-bond acceptors (Lipinski definition) is 2. The van der Waals surface area contributed by atoms with Gasteiger partial charge in [-0.25, -0.2) is 4.98 Å². The molecule has 0 aliphatic carbocycles. The van der Waals surface area contributed by atoms with E-state index < -0.39 is 11.7 Å². The van der Waals surface area contributed by atoms with Gasteiger partial charge in [0, 0.05) is 15.6 Å². The first-order valence-electron chi connectivity index (χ1n) is 6.42. The highest BCUT2D eigenvalue weighted by Gasteiger charge is 2.30. The third kappa shape index (κ3) is 2.04. The fourth-order valence-electron chi connectivity index (χ4n) is 2.54. The molecule has 2 aromatic rings. The molecule has 110 valence electrons. The summed E-state index contributed by atoms with van der Waals surface area (Å²) in [6.45, 7) is 0. The Balaban J connectivity index is 2.07. The number of fused-ring (bicyclic) bond motifs is 4. The molecular weight excluding hydrogens is 331 g/mol. The monoisotopic (exact) mass is 337 g/mol. The van der Waals surface area contributed by atoms with Crippen molar-refractivity contribution in [1.82, 2.24) is 4.98 Å². The third-order valence-electron chi connectivity index (χ3n) is 3.56. The van der Waals surface area contributed by atoms with Gasteiger partial charge >= 0.3 is 6.18 Å². The Kier molecular flexibility index (Phi) is 2.86. The molecule has 2 aliphatic heterocycles. The minimum Gasteiger partial charge on any atom is -0.237 e. The number of alkyl halides is 3. The van der Waals surface area contributed by atoms with Gasteiger partial charge in [-0.3, -0.25) is 0 Å². The summed E-state index contributed by atoms with van der Waals surface area (Å²) in [6, 6.07) is 11.0. The SMILES string of the molecule is FC(F)(F)c1ccc2cc3c4c(Cl)cccc4nc-3sc2c1. The molecule has 22 heavy (non-hydrogen) atoms. The van der Waals surface area contributed by atoms with Crippen LogP contribution >= 0.6 is 22.9 Å². The van der Waals surface area contributed by atoms with Crippen molar-refractivity contribution in [3.63, 3.8) is 0 Å². The topological polar surface area (TPSA) is 12.9 Å². The zero-order chi connectivity index (χ0) is 15.5. The Morgan fingerprint density at radius 3 is 2.64 bits per heavy atom. The van der Waals surface area contributed by atoms with Gasteiger partial charge in [0.15, 0.2) is 0 Å². The van der Waals surface area contributed by atoms with Crippen molar-refractivity contribution in [2.45, 2.75) is 6.18 Å². The van der Waals surface area contributed by atoms with E-state index in [1.807, 2.05) is 18.2 Å². The Morgan fingerprint density at radius 2 is 1.86 bits per heavy atom. The van der Waals surface area contributed by atoms with E-state index in [0.29, 0.717) is 14.7 Å². The number of rotatable bonds is 0. The molecule has 2 heterocycles. The van der Waals surface area contributed by atoms with Crippen molar-refractivity contribution < 1.29 is 13.2 Å². The number of halogens is 4. The van der Waals surface area contributed by atoms with Gasteiger partial charge in [-0.2, -0.15) is 13.2 Å². The van der Waals surface area contributed by atoms with E-state index in [1.54, 1.807) is 6.07 Å². The standard InChI is InChI=1S/C16H7ClF3NS/c17-11-2-1-3-12-14(11)10-6-8-4-5-9(16(18,19)20)7-13(8)22-15(10)21-12/h1-7H. The molecular formula is C16H7ClF3NS. The third-order valence-corrected chi connectivity index (χ3v) is 4.95. The summed E-state index contributed by atoms with van der Waals surface area (Å²) in [5.41, 5.74) is 0.979. The van der Waals surface area contributed by atoms with Crippen LogP contribution in [0.1, 0.15) is 5.56 Å². The smallest absolute Gasteiger partial charge is 0.237 e. The van der Waals surface area contributed by atoms with E-state index in [0.717, 1.165) is 27.9 Å². The summed E-state index contributed by atoms with van der Waals surface area (Å²) in [4.78, 5) is 4.47. The molecule has 0 saturated heterocycles. The van der Waals surface area contributed by atoms with E-state index in [9.17, 15) is 13.2 Å². The van der Waals surface area contributed by atoms with Gasteiger partial charge in [-0.15, -0.1) is 11.3 Å². The maximum absolute atomic E-state index is 12.8. The first-order chi connectivity index (χ1) is 10.4. The molecule has 0 radical (unpaired) electrons. The summed E-state index contributed by atoms with van der Waals surface area (Å²) in [7, 11) is 0. The molecule has 6 heteroatoms. The molecule has 0 unspecified atom stereocenters. The quantitative estimate of drug-likeness (QED) is 0.371. The van der Waals surface area contributed by atoms with E-state index in [1.165, 1.54) is 23.5 Å². The lowest BCUT2D eigenvalue weighted by molar-refractivity contribution is -0.137. The predicted molar refractivity (Wildman–Crippen MR) is 83.8 cm³/mol. The summed E-state index contributed by atoms with van der Waals surface area (Å²) in [5, 5.41) is 2.88. The lowest BCUT2D eigenvalue weighted by Crippen LogP contribution is -2.03. The van der Waals surface area contributed by atoms with Crippen LogP contribution in [0.3, 0.4) is 0 Å². The zero-order valence-corrected chi connectivity index (χ0v) is 12.5. The summed E-state index contributed by atoms with van der Waals surface area (Å²) < 4.78 is 39.0. The molecule has 0 aromatic heterocycles. The van der Waals surface area contributed by atoms with Crippen molar-refractivity contribution in [3.8, 4) is 10.6 Å². The van der Waals surface area contributed by atoms with Crippen molar-refractivity contribution >= 4 is 43.9 Å². The largest absolute Gasteiger partial charge is 0.416 e. The lowest BCUT2D eigenvalue weighted by atomic mass is 10.1. The second-order valence-corrected chi connectivity index (χ2v) is 6.40. The van der Waals surface area contributed by atoms with Gasteiger partial charge in [-0.05, 0) is 35.7 Å². The summed E-state index contributed by atoms with van der Waals surface area (Å²) in [6.07, 6.45) is -4.34. The molecule has 2 aliphatic rings. The van der Waals surface area contributed by atoms with Crippen molar-refractivity contribution in [2.24, 2.45) is 0 Å². The molecule has 0 bridgehead atoms. The van der Waals surface area contributed by atoms with Crippen LogP contribution in [0.15, 0.2) is 42.5 Å². The Hall–Kier alpha value is -1.85. The number of hydrogen-bond donors (Lipinski definition) is 0. The van der Waals surface area contributed by atoms with Crippen molar-refractivity contribution in [1.29, 1.82) is 0 Å². The summed E-state index contributed by atoms with van der Waals surface area (Å²) in [5.74, 6) is 0. The van der Waals surface area contributed by atoms with Crippen LogP contribution in [0.5, 0.6) is 0 Å². The lowest BCUT2D eigenvalue weighted by Gasteiger charge is -2.08. The van der Waals surface area contributed by atoms with Gasteiger partial charge in [0.25, 0.3) is 0 Å². The Bertz CT molecular complexity index is 990. The molecule has 0 fully saturated rings. The highest BCUT2D eigenvalue weighted by Crippen LogP contribution is 2.42. The van der Waals surface area contributed by atoms with Gasteiger partial charge in [0.2, 0.25) is 0 Å². The second-order valence-electron chi connectivity index (χ2n) is 4.96. The van der Waals surface area contributed by atoms with Crippen molar-refractivity contribution in [3.05, 3.63) is 53.1 Å². The fraction of sp³-hybridized carbons (Fsp3) is 0.0625. The van der Waals surface area contributed by atoms with Crippen LogP contribution in [0.25, 0.3) is 31.6 Å². The predicted octanol–water partition coefficient (Wildman–Crippen LogP) is 6.23. The number of nitrogens with zero attached hydrogens (tertiary/aromatic N) is 1. The Morgan fingerprint density at radius 1 is 1.05 bits per heavy atom. The highest BCUT2D eigenvalue weighted by atomic mass is 35.5. The minimum absolute atomic E-state index is 0.557. The van der Waals surface area contributed by atoms with Gasteiger partial charge in [0.1, 0.15) is 5.01 Å². The average Bonchev–Trinajstić information content (AvgIpc) is 2.81. The van der Waals surface area contributed by atoms with E-state index in [4.69, 9.17) is 11.6 Å². The zero-order valence-electron chi connectivity index (χ0n) is 10.9. The Labute approximate surface area is 132 Å². The minimum atomic E-state index is -4.34. The molecule has 0 spiro atoms. The highest BCUT2D eigenvalue weighted by molar-refractivity contribution is 7.21. The van der Waals surface area contributed by atoms with Crippen LogP contribution in [-0.4, -0.2) is 4.98 Å². The molecule has 2 aromatic carbocycles. The average molecular weight is 338 g/mol. The van der Waals surface area contributed by atoms with E-state index >= 15 is 0 Å². The maximum atomic E-state index is 12.8. The first kappa shape index (κ1) is 13.8. The normalized spacial score (nSPS) is 12.5. The van der Waals surface area contributed by atoms with Crippen LogP contribution < -0.4 is 0 Å². The van der Waals surface area contributed by atoms with Gasteiger partial charge in [-0.1, -0.05) is 23.7 Å². The van der Waals surface area contributed by atoms with E-state index in [-0.39, 0.29) is 0 Å². The van der Waals surface area contributed by atoms with Gasteiger partial charge in [0.05, 0.1) is 16.1 Å². The fourth-order valence-corrected chi connectivity index (χ4v) is 3.86. The molecule has 0 N–H and O–H groups in total. The number of aromatic nitrogens is 1. The number of benzene rings is 2. The molecule has 0 saturated carbocycles. The van der Waals surface area contributed by atoms with Crippen LogP contribution in [0, 0.1) is 0 Å². The molecule has 4 rings (SSSR count). The van der Waals surface area contributed by atoms with Crippen LogP contribution in [-0.2, 0) is 6.18 Å². The van der Waals surface area contributed by atoms with Crippen LogP contribution in [0.4, 0.5) is 13.2 Å².